The second kappa shape index (κ2) is 14.0. The third-order valence-electron chi connectivity index (χ3n) is 7.23. The molecule has 0 bridgehead atoms. The number of fused-ring (bicyclic) bond motifs is 1. The number of carbonyl (C=O) groups is 1. The van der Waals surface area contributed by atoms with Gasteiger partial charge in [0, 0.05) is 25.1 Å². The van der Waals surface area contributed by atoms with Gasteiger partial charge < -0.3 is 14.6 Å². The van der Waals surface area contributed by atoms with Gasteiger partial charge in [-0.2, -0.15) is 0 Å². The summed E-state index contributed by atoms with van der Waals surface area (Å²) in [6.07, 6.45) is 6.06. The minimum absolute atomic E-state index is 0.00333. The average Bonchev–Trinajstić information content (AvgIpc) is 3.27. The number of ether oxygens (including phenoxy) is 1. The van der Waals surface area contributed by atoms with E-state index in [1.165, 1.54) is 16.6 Å². The van der Waals surface area contributed by atoms with Gasteiger partial charge in [0.25, 0.3) is 5.91 Å². The Hall–Kier alpha value is -3.60. The van der Waals surface area contributed by atoms with Crippen LogP contribution in [-0.2, 0) is 13.0 Å². The Morgan fingerprint density at radius 1 is 0.897 bits per heavy atom. The maximum Gasteiger partial charge on any atom is 0.251 e. The standard InChI is InChI=1S/C34H43N3O2/c1-25(2)29-20-17-27(4)24-32(29)39-23-11-10-22-37-31-13-8-7-12-30(31)36-33(37)14-6-5-9-21-35-34(38)28-18-15-26(3)16-19-28/h7-8,12-13,15-20,24-25H,5-6,9-11,14,21-23H2,1-4H3,(H,35,38). The van der Waals surface area contributed by atoms with Crippen molar-refractivity contribution in [3.63, 3.8) is 0 Å². The molecule has 0 aliphatic carbocycles. The van der Waals surface area contributed by atoms with Crippen LogP contribution in [0.5, 0.6) is 5.75 Å². The summed E-state index contributed by atoms with van der Waals surface area (Å²) in [7, 11) is 0. The molecule has 206 valence electrons. The molecule has 5 nitrogen and oxygen atoms in total. The van der Waals surface area contributed by atoms with Crippen LogP contribution in [0.1, 0.15) is 84.7 Å². The van der Waals surface area contributed by atoms with E-state index in [4.69, 9.17) is 9.72 Å². The van der Waals surface area contributed by atoms with E-state index in [-0.39, 0.29) is 5.91 Å². The molecule has 4 rings (SSSR count). The van der Waals surface area contributed by atoms with Gasteiger partial charge in [0.1, 0.15) is 11.6 Å². The van der Waals surface area contributed by atoms with Gasteiger partial charge in [-0.25, -0.2) is 4.98 Å². The molecule has 0 atom stereocenters. The monoisotopic (exact) mass is 525 g/mol. The second-order valence-corrected chi connectivity index (χ2v) is 10.9. The van der Waals surface area contributed by atoms with Crippen molar-refractivity contribution in [1.29, 1.82) is 0 Å². The molecule has 0 aliphatic rings. The molecule has 1 N–H and O–H groups in total. The Labute approximate surface area is 233 Å². The molecule has 0 aliphatic heterocycles. The molecule has 0 fully saturated rings. The van der Waals surface area contributed by atoms with Gasteiger partial charge in [-0.3, -0.25) is 4.79 Å². The lowest BCUT2D eigenvalue weighted by molar-refractivity contribution is 0.0953. The van der Waals surface area contributed by atoms with Gasteiger partial charge in [-0.15, -0.1) is 0 Å². The molecule has 1 heterocycles. The summed E-state index contributed by atoms with van der Waals surface area (Å²) >= 11 is 0. The normalized spacial score (nSPS) is 11.3. The van der Waals surface area contributed by atoms with Crippen LogP contribution in [0.25, 0.3) is 11.0 Å². The Morgan fingerprint density at radius 3 is 2.46 bits per heavy atom. The van der Waals surface area contributed by atoms with Crippen LogP contribution in [0, 0.1) is 13.8 Å². The number of rotatable bonds is 14. The van der Waals surface area contributed by atoms with Gasteiger partial charge in [-0.05, 0) is 86.9 Å². The van der Waals surface area contributed by atoms with E-state index in [0.29, 0.717) is 12.5 Å². The fraction of sp³-hybridized carbons (Fsp3) is 0.412. The minimum atomic E-state index is 0.00333. The number of hydrogen-bond donors (Lipinski definition) is 1. The van der Waals surface area contributed by atoms with Crippen molar-refractivity contribution < 1.29 is 9.53 Å². The van der Waals surface area contributed by atoms with Crippen molar-refractivity contribution in [3.05, 3.63) is 94.8 Å². The van der Waals surface area contributed by atoms with E-state index in [1.54, 1.807) is 0 Å². The lowest BCUT2D eigenvalue weighted by Crippen LogP contribution is -2.24. The molecule has 39 heavy (non-hydrogen) atoms. The zero-order valence-corrected chi connectivity index (χ0v) is 24.0. The van der Waals surface area contributed by atoms with Crippen molar-refractivity contribution >= 4 is 16.9 Å². The van der Waals surface area contributed by atoms with Crippen LogP contribution in [0.4, 0.5) is 0 Å². The van der Waals surface area contributed by atoms with Crippen molar-refractivity contribution in [1.82, 2.24) is 14.9 Å². The lowest BCUT2D eigenvalue weighted by atomic mass is 10.0. The minimum Gasteiger partial charge on any atom is -0.493 e. The highest BCUT2D eigenvalue weighted by atomic mass is 16.5. The number of nitrogens with zero attached hydrogens (tertiary/aromatic N) is 2. The second-order valence-electron chi connectivity index (χ2n) is 10.9. The Balaban J connectivity index is 1.24. The maximum atomic E-state index is 12.3. The van der Waals surface area contributed by atoms with Gasteiger partial charge in [0.05, 0.1) is 17.6 Å². The van der Waals surface area contributed by atoms with Crippen LogP contribution in [0.15, 0.2) is 66.7 Å². The van der Waals surface area contributed by atoms with Gasteiger partial charge in [0.2, 0.25) is 0 Å². The number of unbranched alkanes of at least 4 members (excludes halogenated alkanes) is 3. The van der Waals surface area contributed by atoms with Gasteiger partial charge >= 0.3 is 0 Å². The number of aromatic nitrogens is 2. The van der Waals surface area contributed by atoms with Crippen LogP contribution in [0.2, 0.25) is 0 Å². The summed E-state index contributed by atoms with van der Waals surface area (Å²) in [5.74, 6) is 2.63. The molecular weight excluding hydrogens is 482 g/mol. The summed E-state index contributed by atoms with van der Waals surface area (Å²) in [6.45, 7) is 10.9. The zero-order chi connectivity index (χ0) is 27.6. The predicted octanol–water partition coefficient (Wildman–Crippen LogP) is 7.78. The summed E-state index contributed by atoms with van der Waals surface area (Å²) in [4.78, 5) is 17.3. The van der Waals surface area contributed by atoms with Gasteiger partial charge in [-0.1, -0.05) is 62.2 Å². The molecule has 1 aromatic heterocycles. The molecule has 5 heteroatoms. The molecular formula is C34H43N3O2. The van der Waals surface area contributed by atoms with E-state index in [1.807, 2.05) is 31.2 Å². The fourth-order valence-electron chi connectivity index (χ4n) is 4.96. The van der Waals surface area contributed by atoms with E-state index < -0.39 is 0 Å². The fourth-order valence-corrected chi connectivity index (χ4v) is 4.96. The average molecular weight is 526 g/mol. The van der Waals surface area contributed by atoms with Crippen LogP contribution in [0.3, 0.4) is 0 Å². The number of hydrogen-bond acceptors (Lipinski definition) is 3. The first kappa shape index (κ1) is 28.4. The largest absolute Gasteiger partial charge is 0.493 e. The van der Waals surface area contributed by atoms with Gasteiger partial charge in [0.15, 0.2) is 0 Å². The summed E-state index contributed by atoms with van der Waals surface area (Å²) in [5.41, 5.74) is 6.66. The number of nitrogens with one attached hydrogen (secondary N) is 1. The number of benzene rings is 3. The highest BCUT2D eigenvalue weighted by molar-refractivity contribution is 5.94. The Morgan fingerprint density at radius 2 is 1.67 bits per heavy atom. The van der Waals surface area contributed by atoms with Crippen molar-refractivity contribution in [2.75, 3.05) is 13.2 Å². The molecule has 0 saturated heterocycles. The number of para-hydroxylation sites is 2. The van der Waals surface area contributed by atoms with Crippen LogP contribution >= 0.6 is 0 Å². The molecule has 4 aromatic rings. The first-order valence-electron chi connectivity index (χ1n) is 14.4. The van der Waals surface area contributed by atoms with E-state index >= 15 is 0 Å². The number of imidazole rings is 1. The third-order valence-corrected chi connectivity index (χ3v) is 7.23. The topological polar surface area (TPSA) is 56.2 Å². The first-order chi connectivity index (χ1) is 18.9. The van der Waals surface area contributed by atoms with Crippen LogP contribution < -0.4 is 10.1 Å². The number of amides is 1. The molecule has 0 saturated carbocycles. The van der Waals surface area contributed by atoms with Crippen molar-refractivity contribution in [2.24, 2.45) is 0 Å². The Bertz CT molecular complexity index is 1350. The van der Waals surface area contributed by atoms with Crippen molar-refractivity contribution in [3.8, 4) is 5.75 Å². The number of carbonyl (C=O) groups excluding carboxylic acids is 1. The molecule has 1 amide bonds. The molecule has 0 spiro atoms. The van der Waals surface area contributed by atoms with E-state index in [9.17, 15) is 4.79 Å². The summed E-state index contributed by atoms with van der Waals surface area (Å²) in [6, 6.07) is 22.6. The zero-order valence-electron chi connectivity index (χ0n) is 24.0. The van der Waals surface area contributed by atoms with E-state index in [0.717, 1.165) is 79.9 Å². The Kier molecular flexibility index (Phi) is 10.2. The SMILES string of the molecule is Cc1ccc(C(=O)NCCCCCc2nc3ccccc3n2CCCCOc2cc(C)ccc2C(C)C)cc1. The van der Waals surface area contributed by atoms with Crippen molar-refractivity contribution in [2.45, 2.75) is 78.7 Å². The highest BCUT2D eigenvalue weighted by Gasteiger charge is 2.11. The molecule has 0 radical (unpaired) electrons. The lowest BCUT2D eigenvalue weighted by Gasteiger charge is -2.15. The first-order valence-corrected chi connectivity index (χ1v) is 14.4. The number of aryl methyl sites for hydroxylation is 4. The maximum absolute atomic E-state index is 12.3. The quantitative estimate of drug-likeness (QED) is 0.171. The third kappa shape index (κ3) is 7.95. The predicted molar refractivity (Wildman–Crippen MR) is 161 cm³/mol. The highest BCUT2D eigenvalue weighted by Crippen LogP contribution is 2.27. The van der Waals surface area contributed by atoms with Crippen LogP contribution in [-0.4, -0.2) is 28.6 Å². The molecule has 3 aromatic carbocycles. The smallest absolute Gasteiger partial charge is 0.251 e. The van der Waals surface area contributed by atoms with E-state index in [2.05, 4.69) is 73.1 Å². The summed E-state index contributed by atoms with van der Waals surface area (Å²) in [5, 5.41) is 3.04. The molecule has 0 unspecified atom stereocenters. The summed E-state index contributed by atoms with van der Waals surface area (Å²) < 4.78 is 8.60.